The van der Waals surface area contributed by atoms with Gasteiger partial charge in [-0.05, 0) is 130 Å². The van der Waals surface area contributed by atoms with Crippen molar-refractivity contribution in [3.05, 3.63) is 197 Å². The highest BCUT2D eigenvalue weighted by atomic mass is 15.1. The Morgan fingerprint density at radius 2 is 0.836 bits per heavy atom. The van der Waals surface area contributed by atoms with Crippen LogP contribution in [0.4, 0.5) is 17.1 Å². The molecule has 55 heavy (non-hydrogen) atoms. The molecule has 9 aromatic carbocycles. The van der Waals surface area contributed by atoms with Crippen LogP contribution in [-0.4, -0.2) is 0 Å². The van der Waals surface area contributed by atoms with E-state index in [0.29, 0.717) is 0 Å². The molecular formula is C54H41N. The van der Waals surface area contributed by atoms with Gasteiger partial charge in [0.15, 0.2) is 0 Å². The van der Waals surface area contributed by atoms with Gasteiger partial charge in [0.05, 0.1) is 0 Å². The minimum atomic E-state index is -0.168. The number of nitrogens with zero attached hydrogens (tertiary/aromatic N) is 1. The van der Waals surface area contributed by atoms with Gasteiger partial charge >= 0.3 is 0 Å². The zero-order chi connectivity index (χ0) is 37.1. The Morgan fingerprint density at radius 1 is 0.345 bits per heavy atom. The van der Waals surface area contributed by atoms with Gasteiger partial charge in [-0.15, -0.1) is 0 Å². The summed E-state index contributed by atoms with van der Waals surface area (Å²) in [5.41, 5.74) is 14.0. The van der Waals surface area contributed by atoms with Crippen LogP contribution in [0.1, 0.15) is 61.1 Å². The Labute approximate surface area is 322 Å². The first-order valence-corrected chi connectivity index (χ1v) is 19.5. The summed E-state index contributed by atoms with van der Waals surface area (Å²) in [6.07, 6.45) is 4.60. The summed E-state index contributed by atoms with van der Waals surface area (Å²) in [6, 6.07) is 61.1. The Bertz CT molecular complexity index is 3020. The predicted molar refractivity (Wildman–Crippen MR) is 236 cm³/mol. The van der Waals surface area contributed by atoms with Crippen molar-refractivity contribution in [2.45, 2.75) is 38.5 Å². The minimum Gasteiger partial charge on any atom is -0.310 e. The van der Waals surface area contributed by atoms with Gasteiger partial charge in [0, 0.05) is 27.9 Å². The molecule has 0 amide bonds. The summed E-state index contributed by atoms with van der Waals surface area (Å²) in [5.74, 6) is 0. The highest BCUT2D eigenvalue weighted by Crippen LogP contribution is 2.52. The van der Waals surface area contributed by atoms with Crippen LogP contribution in [0, 0.1) is 0 Å². The number of hydrogen-bond donors (Lipinski definition) is 0. The number of benzene rings is 9. The third-order valence-electron chi connectivity index (χ3n) is 12.7. The van der Waals surface area contributed by atoms with Crippen molar-refractivity contribution in [1.29, 1.82) is 0 Å². The van der Waals surface area contributed by atoms with Gasteiger partial charge in [0.1, 0.15) is 0 Å². The van der Waals surface area contributed by atoms with E-state index in [2.05, 4.69) is 209 Å². The maximum atomic E-state index is 2.43. The lowest BCUT2D eigenvalue weighted by Gasteiger charge is -2.28. The standard InChI is InChI=1S/C54H41N/c1-53(2)47-15-9-14-38-19-20-41-28-35(30-50(53)52(41)51(38)47)17-16-34-18-26-45-46-27-25-44(33-49(46)54(3,4)48(45)29-34)55(42-23-21-36-10-5-7-12-39(36)31-42)43-24-22-37-11-6-8-13-40(37)32-43/h5-33H,1-4H3. The van der Waals surface area contributed by atoms with E-state index >= 15 is 0 Å². The van der Waals surface area contributed by atoms with Crippen LogP contribution in [-0.2, 0) is 10.8 Å². The summed E-state index contributed by atoms with van der Waals surface area (Å²) in [4.78, 5) is 2.42. The zero-order valence-corrected chi connectivity index (χ0v) is 31.7. The maximum absolute atomic E-state index is 2.43. The fourth-order valence-electron chi connectivity index (χ4n) is 9.78. The Hall–Kier alpha value is -6.44. The molecule has 0 saturated carbocycles. The largest absolute Gasteiger partial charge is 0.310 e. The molecule has 11 rings (SSSR count). The SMILES string of the molecule is CC1(C)c2cc(C=Cc3cc4c5c(ccc6cccc(c65)C4(C)C)c3)ccc2-c2ccc(N(c3ccc4ccccc4c3)c3ccc4ccccc4c3)cc21. The van der Waals surface area contributed by atoms with Crippen LogP contribution >= 0.6 is 0 Å². The zero-order valence-electron chi connectivity index (χ0n) is 31.7. The van der Waals surface area contributed by atoms with Crippen LogP contribution in [0.25, 0.3) is 66.4 Å². The second kappa shape index (κ2) is 11.5. The molecule has 262 valence electrons. The third-order valence-corrected chi connectivity index (χ3v) is 12.7. The van der Waals surface area contributed by atoms with E-state index in [1.165, 1.54) is 87.6 Å². The van der Waals surface area contributed by atoms with Crippen molar-refractivity contribution in [2.75, 3.05) is 4.90 Å². The van der Waals surface area contributed by atoms with Gasteiger partial charge < -0.3 is 4.90 Å². The molecule has 2 aliphatic carbocycles. The molecule has 0 spiro atoms. The molecule has 0 unspecified atom stereocenters. The molecule has 1 heteroatoms. The van der Waals surface area contributed by atoms with Gasteiger partial charge in [0.25, 0.3) is 0 Å². The molecule has 0 fully saturated rings. The molecule has 0 N–H and O–H groups in total. The van der Waals surface area contributed by atoms with Gasteiger partial charge in [0.2, 0.25) is 0 Å². The summed E-state index contributed by atoms with van der Waals surface area (Å²) in [7, 11) is 0. The van der Waals surface area contributed by atoms with Gasteiger partial charge in [-0.2, -0.15) is 0 Å². The van der Waals surface area contributed by atoms with Crippen LogP contribution in [0.2, 0.25) is 0 Å². The van der Waals surface area contributed by atoms with E-state index in [1.807, 2.05) is 0 Å². The topological polar surface area (TPSA) is 3.24 Å². The molecule has 0 aromatic heterocycles. The van der Waals surface area contributed by atoms with E-state index < -0.39 is 0 Å². The fourth-order valence-corrected chi connectivity index (χ4v) is 9.78. The molecule has 0 aliphatic heterocycles. The Morgan fingerprint density at radius 3 is 1.55 bits per heavy atom. The second-order valence-corrected chi connectivity index (χ2v) is 16.7. The lowest BCUT2D eigenvalue weighted by Crippen LogP contribution is -2.16. The molecule has 0 atom stereocenters. The maximum Gasteiger partial charge on any atom is 0.0468 e. The highest BCUT2D eigenvalue weighted by molar-refractivity contribution is 6.15. The van der Waals surface area contributed by atoms with Crippen molar-refractivity contribution >= 4 is 72.3 Å². The molecule has 2 aliphatic rings. The van der Waals surface area contributed by atoms with Crippen LogP contribution < -0.4 is 4.90 Å². The van der Waals surface area contributed by atoms with Crippen molar-refractivity contribution < 1.29 is 0 Å². The quantitative estimate of drug-likeness (QED) is 0.127. The first-order chi connectivity index (χ1) is 26.7. The average Bonchev–Trinajstić information content (AvgIpc) is 3.58. The van der Waals surface area contributed by atoms with Crippen molar-refractivity contribution in [3.63, 3.8) is 0 Å². The third kappa shape index (κ3) is 4.79. The Kier molecular flexibility index (Phi) is 6.72. The molecule has 0 bridgehead atoms. The number of fused-ring (bicyclic) bond motifs is 5. The van der Waals surface area contributed by atoms with E-state index in [1.54, 1.807) is 0 Å². The molecular weight excluding hydrogens is 663 g/mol. The van der Waals surface area contributed by atoms with E-state index in [0.717, 1.165) is 17.1 Å². The predicted octanol–water partition coefficient (Wildman–Crippen LogP) is 14.9. The van der Waals surface area contributed by atoms with Crippen LogP contribution in [0.5, 0.6) is 0 Å². The smallest absolute Gasteiger partial charge is 0.0468 e. The normalized spacial score (nSPS) is 14.8. The van der Waals surface area contributed by atoms with Crippen LogP contribution in [0.15, 0.2) is 164 Å². The molecule has 0 heterocycles. The monoisotopic (exact) mass is 703 g/mol. The van der Waals surface area contributed by atoms with Gasteiger partial charge in [-0.3, -0.25) is 0 Å². The van der Waals surface area contributed by atoms with Crippen molar-refractivity contribution in [2.24, 2.45) is 0 Å². The first-order valence-electron chi connectivity index (χ1n) is 19.5. The van der Waals surface area contributed by atoms with Gasteiger partial charge in [-0.25, -0.2) is 0 Å². The minimum absolute atomic E-state index is 0.0221. The van der Waals surface area contributed by atoms with Crippen molar-refractivity contribution in [1.82, 2.24) is 0 Å². The lowest BCUT2D eigenvalue weighted by molar-refractivity contribution is 0.660. The second-order valence-electron chi connectivity index (χ2n) is 16.7. The fraction of sp³-hybridized carbons (Fsp3) is 0.111. The number of hydrogen-bond acceptors (Lipinski definition) is 1. The molecule has 0 saturated heterocycles. The highest BCUT2D eigenvalue weighted by Gasteiger charge is 2.37. The molecule has 0 radical (unpaired) electrons. The van der Waals surface area contributed by atoms with Gasteiger partial charge in [-0.1, -0.05) is 161 Å². The van der Waals surface area contributed by atoms with Crippen molar-refractivity contribution in [3.8, 4) is 11.1 Å². The van der Waals surface area contributed by atoms with E-state index in [4.69, 9.17) is 0 Å². The summed E-state index contributed by atoms with van der Waals surface area (Å²) >= 11 is 0. The van der Waals surface area contributed by atoms with Crippen LogP contribution in [0.3, 0.4) is 0 Å². The summed E-state index contributed by atoms with van der Waals surface area (Å²) in [6.45, 7) is 9.52. The number of anilines is 3. The molecule has 9 aromatic rings. The number of rotatable bonds is 5. The summed E-state index contributed by atoms with van der Waals surface area (Å²) in [5, 5.41) is 10.5. The van der Waals surface area contributed by atoms with E-state index in [-0.39, 0.29) is 10.8 Å². The van der Waals surface area contributed by atoms with E-state index in [9.17, 15) is 0 Å². The molecule has 1 nitrogen and oxygen atoms in total. The first kappa shape index (κ1) is 32.0. The lowest BCUT2D eigenvalue weighted by atomic mass is 9.81. The average molecular weight is 704 g/mol. The Balaban J connectivity index is 0.973. The summed E-state index contributed by atoms with van der Waals surface area (Å²) < 4.78 is 0.